The Labute approximate surface area is 300 Å². The molecule has 11 aromatic rings. The number of hydrogen-bond donors (Lipinski definition) is 0. The Kier molecular flexibility index (Phi) is 6.25. The smallest absolute Gasteiger partial charge is 0.0788 e. The molecule has 242 valence electrons. The monoisotopic (exact) mass is 661 g/mol. The third-order valence-corrected chi connectivity index (χ3v) is 10.7. The van der Waals surface area contributed by atoms with Gasteiger partial charge in [0.1, 0.15) is 0 Å². The van der Waals surface area contributed by atoms with Crippen LogP contribution in [0.3, 0.4) is 0 Å². The first-order chi connectivity index (χ1) is 25.8. The summed E-state index contributed by atoms with van der Waals surface area (Å²) in [6, 6.07) is 67.7. The quantitative estimate of drug-likeness (QED) is 0.172. The summed E-state index contributed by atoms with van der Waals surface area (Å²) < 4.78 is 4.78. The van der Waals surface area contributed by atoms with Crippen LogP contribution in [0.25, 0.3) is 99.0 Å². The molecule has 11 rings (SSSR count). The summed E-state index contributed by atoms with van der Waals surface area (Å²) in [6.07, 6.45) is 0. The van der Waals surface area contributed by atoms with E-state index < -0.39 is 0 Å². The SMILES string of the molecule is c1ccc(-n2c3ccccc3c3c4c(ccc32)c(-c2cccc(-c3cccc(-n5c6ccccc6c6ccccc65)c3)c2)nc2ccccc24)cc1. The Balaban J connectivity index is 1.13. The highest BCUT2D eigenvalue weighted by atomic mass is 15.0. The first-order valence-electron chi connectivity index (χ1n) is 17.8. The highest BCUT2D eigenvalue weighted by Crippen LogP contribution is 2.43. The van der Waals surface area contributed by atoms with Crippen molar-refractivity contribution in [3.8, 4) is 33.8 Å². The molecule has 0 bridgehead atoms. The Morgan fingerprint density at radius 2 is 0.846 bits per heavy atom. The van der Waals surface area contributed by atoms with E-state index in [9.17, 15) is 0 Å². The molecule has 0 amide bonds. The van der Waals surface area contributed by atoms with Gasteiger partial charge in [0.25, 0.3) is 0 Å². The van der Waals surface area contributed by atoms with E-state index in [1.54, 1.807) is 0 Å². The average Bonchev–Trinajstić information content (AvgIpc) is 3.74. The number of fused-ring (bicyclic) bond motifs is 10. The summed E-state index contributed by atoms with van der Waals surface area (Å²) in [5.41, 5.74) is 12.5. The number of pyridine rings is 1. The molecule has 0 spiro atoms. The largest absolute Gasteiger partial charge is 0.309 e. The van der Waals surface area contributed by atoms with Crippen LogP contribution in [-0.2, 0) is 0 Å². The van der Waals surface area contributed by atoms with E-state index in [-0.39, 0.29) is 0 Å². The van der Waals surface area contributed by atoms with E-state index >= 15 is 0 Å². The van der Waals surface area contributed by atoms with Gasteiger partial charge in [0.2, 0.25) is 0 Å². The maximum Gasteiger partial charge on any atom is 0.0788 e. The second-order valence-electron chi connectivity index (χ2n) is 13.5. The molecule has 0 unspecified atom stereocenters. The van der Waals surface area contributed by atoms with Crippen LogP contribution in [-0.4, -0.2) is 14.1 Å². The topological polar surface area (TPSA) is 22.8 Å². The van der Waals surface area contributed by atoms with E-state index in [1.807, 2.05) is 0 Å². The van der Waals surface area contributed by atoms with Crippen molar-refractivity contribution < 1.29 is 0 Å². The molecule has 0 radical (unpaired) electrons. The van der Waals surface area contributed by atoms with Gasteiger partial charge in [-0.15, -0.1) is 0 Å². The zero-order valence-electron chi connectivity index (χ0n) is 28.2. The van der Waals surface area contributed by atoms with Crippen LogP contribution in [0, 0.1) is 0 Å². The van der Waals surface area contributed by atoms with Crippen LogP contribution in [0.1, 0.15) is 0 Å². The van der Waals surface area contributed by atoms with Crippen molar-refractivity contribution in [2.75, 3.05) is 0 Å². The maximum atomic E-state index is 5.38. The van der Waals surface area contributed by atoms with Crippen molar-refractivity contribution in [1.29, 1.82) is 0 Å². The van der Waals surface area contributed by atoms with E-state index in [0.29, 0.717) is 0 Å². The molecule has 3 heterocycles. The molecule has 52 heavy (non-hydrogen) atoms. The maximum absolute atomic E-state index is 5.38. The molecule has 8 aromatic carbocycles. The van der Waals surface area contributed by atoms with Crippen LogP contribution in [0.5, 0.6) is 0 Å². The van der Waals surface area contributed by atoms with Crippen molar-refractivity contribution in [2.24, 2.45) is 0 Å². The zero-order valence-corrected chi connectivity index (χ0v) is 28.2. The van der Waals surface area contributed by atoms with Crippen molar-refractivity contribution in [2.45, 2.75) is 0 Å². The lowest BCUT2D eigenvalue weighted by molar-refractivity contribution is 1.18. The molecule has 0 atom stereocenters. The summed E-state index contributed by atoms with van der Waals surface area (Å²) in [5, 5.41) is 8.58. The average molecular weight is 662 g/mol. The van der Waals surface area contributed by atoms with Gasteiger partial charge in [-0.25, -0.2) is 4.98 Å². The van der Waals surface area contributed by atoms with E-state index in [4.69, 9.17) is 4.98 Å². The van der Waals surface area contributed by atoms with Gasteiger partial charge in [0.15, 0.2) is 0 Å². The number of benzene rings is 8. The van der Waals surface area contributed by atoms with Gasteiger partial charge in [-0.2, -0.15) is 0 Å². The molecule has 3 heteroatoms. The predicted octanol–water partition coefficient (Wildman–Crippen LogP) is 12.9. The van der Waals surface area contributed by atoms with E-state index in [0.717, 1.165) is 44.5 Å². The summed E-state index contributed by atoms with van der Waals surface area (Å²) in [7, 11) is 0. The lowest BCUT2D eigenvalue weighted by Crippen LogP contribution is -1.95. The minimum absolute atomic E-state index is 0.993. The minimum atomic E-state index is 0.993. The second kappa shape index (κ2) is 11.3. The van der Waals surface area contributed by atoms with Gasteiger partial charge in [0, 0.05) is 54.6 Å². The highest BCUT2D eigenvalue weighted by molar-refractivity contribution is 6.29. The molecule has 0 saturated heterocycles. The summed E-state index contributed by atoms with van der Waals surface area (Å²) in [4.78, 5) is 5.38. The molecule has 0 aliphatic rings. The van der Waals surface area contributed by atoms with Crippen LogP contribution in [0.2, 0.25) is 0 Å². The lowest BCUT2D eigenvalue weighted by atomic mass is 9.94. The molecule has 0 N–H and O–H groups in total. The van der Waals surface area contributed by atoms with Crippen molar-refractivity contribution >= 4 is 65.3 Å². The van der Waals surface area contributed by atoms with Gasteiger partial charge in [-0.3, -0.25) is 0 Å². The molecular weight excluding hydrogens is 631 g/mol. The van der Waals surface area contributed by atoms with Crippen LogP contribution < -0.4 is 0 Å². The van der Waals surface area contributed by atoms with Gasteiger partial charge in [-0.05, 0) is 71.8 Å². The lowest BCUT2D eigenvalue weighted by Gasteiger charge is -2.14. The van der Waals surface area contributed by atoms with Crippen molar-refractivity contribution in [1.82, 2.24) is 14.1 Å². The van der Waals surface area contributed by atoms with Crippen LogP contribution in [0.4, 0.5) is 0 Å². The fourth-order valence-corrected chi connectivity index (χ4v) is 8.45. The van der Waals surface area contributed by atoms with Crippen molar-refractivity contribution in [3.05, 3.63) is 188 Å². The van der Waals surface area contributed by atoms with Crippen LogP contribution in [0.15, 0.2) is 188 Å². The molecule has 3 nitrogen and oxygen atoms in total. The normalized spacial score (nSPS) is 11.8. The molecule has 0 aliphatic heterocycles. The van der Waals surface area contributed by atoms with Gasteiger partial charge >= 0.3 is 0 Å². The summed E-state index contributed by atoms with van der Waals surface area (Å²) in [6.45, 7) is 0. The summed E-state index contributed by atoms with van der Waals surface area (Å²) in [5.74, 6) is 0. The highest BCUT2D eigenvalue weighted by Gasteiger charge is 2.20. The third kappa shape index (κ3) is 4.23. The Hall–Kier alpha value is -6.97. The Morgan fingerprint density at radius 3 is 1.60 bits per heavy atom. The number of aromatic nitrogens is 3. The Bertz CT molecular complexity index is 3130. The van der Waals surface area contributed by atoms with Crippen LogP contribution >= 0.6 is 0 Å². The predicted molar refractivity (Wildman–Crippen MR) is 219 cm³/mol. The first kappa shape index (κ1) is 28.8. The second-order valence-corrected chi connectivity index (χ2v) is 13.5. The van der Waals surface area contributed by atoms with Gasteiger partial charge < -0.3 is 9.13 Å². The number of rotatable bonds is 4. The van der Waals surface area contributed by atoms with Gasteiger partial charge in [-0.1, -0.05) is 127 Å². The number of nitrogens with zero attached hydrogens (tertiary/aromatic N) is 3. The van der Waals surface area contributed by atoms with E-state index in [1.165, 1.54) is 54.6 Å². The fraction of sp³-hybridized carbons (Fsp3) is 0. The summed E-state index contributed by atoms with van der Waals surface area (Å²) >= 11 is 0. The zero-order chi connectivity index (χ0) is 34.2. The fourth-order valence-electron chi connectivity index (χ4n) is 8.45. The minimum Gasteiger partial charge on any atom is -0.309 e. The molecule has 3 aromatic heterocycles. The number of para-hydroxylation sites is 5. The van der Waals surface area contributed by atoms with Crippen molar-refractivity contribution in [3.63, 3.8) is 0 Å². The molecular formula is C49H31N3. The standard InChI is InChI=1S/C49H31N3/c1-2-17-35(18-3-1)51-45-27-11-7-23-40(45)48-46(51)29-28-41-47(48)39-22-4-8-24-42(39)50-49(41)34-16-12-14-32(30-34)33-15-13-19-36(31-33)52-43-25-9-5-20-37(43)38-21-6-10-26-44(38)52/h1-31H. The van der Waals surface area contributed by atoms with E-state index in [2.05, 4.69) is 197 Å². The third-order valence-electron chi connectivity index (χ3n) is 10.7. The Morgan fingerprint density at radius 1 is 0.308 bits per heavy atom. The number of hydrogen-bond acceptors (Lipinski definition) is 1. The molecule has 0 aliphatic carbocycles. The first-order valence-corrected chi connectivity index (χ1v) is 17.8. The molecule has 0 fully saturated rings. The van der Waals surface area contributed by atoms with Gasteiger partial charge in [0.05, 0.1) is 33.3 Å². The molecule has 0 saturated carbocycles.